The first kappa shape index (κ1) is 26.3. The summed E-state index contributed by atoms with van der Waals surface area (Å²) in [6, 6.07) is 0.948. The third-order valence-corrected chi connectivity index (χ3v) is 5.05. The number of nitrogens with zero attached hydrogens (tertiary/aromatic N) is 4. The highest BCUT2D eigenvalue weighted by Gasteiger charge is 2.40. The van der Waals surface area contributed by atoms with Crippen LogP contribution in [0.3, 0.4) is 0 Å². The van der Waals surface area contributed by atoms with E-state index in [0.717, 1.165) is 4.57 Å². The SMILES string of the molecule is CC(C)(C)NC(=O)O[C@@H](CC(=O)N1CCn2c(nnc2C(F)(F)F)C1)Cc1cc(F)c(F)cc1F. The molecule has 0 fully saturated rings. The first-order valence-corrected chi connectivity index (χ1v) is 10.5. The monoisotopic (exact) mass is 507 g/mol. The summed E-state index contributed by atoms with van der Waals surface area (Å²) in [5.74, 6) is -5.68. The maximum Gasteiger partial charge on any atom is 0.451 e. The lowest BCUT2D eigenvalue weighted by atomic mass is 10.0. The van der Waals surface area contributed by atoms with Gasteiger partial charge in [-0.25, -0.2) is 18.0 Å². The van der Waals surface area contributed by atoms with Gasteiger partial charge in [0.15, 0.2) is 17.5 Å². The predicted molar refractivity (Wildman–Crippen MR) is 108 cm³/mol. The van der Waals surface area contributed by atoms with Crippen molar-refractivity contribution in [2.45, 2.75) is 64.5 Å². The largest absolute Gasteiger partial charge is 0.451 e. The molecule has 3 rings (SSSR count). The maximum absolute atomic E-state index is 14.2. The molecule has 0 spiro atoms. The molecule has 1 aromatic carbocycles. The minimum Gasteiger partial charge on any atom is -0.445 e. The quantitative estimate of drug-likeness (QED) is 0.494. The highest BCUT2D eigenvalue weighted by Crippen LogP contribution is 2.29. The molecule has 1 N–H and O–H groups in total. The summed E-state index contributed by atoms with van der Waals surface area (Å²) in [6.45, 7) is 4.42. The molecule has 0 aliphatic carbocycles. The van der Waals surface area contributed by atoms with Gasteiger partial charge >= 0.3 is 12.3 Å². The Kier molecular flexibility index (Phi) is 7.31. The van der Waals surface area contributed by atoms with Crippen LogP contribution in [0.1, 0.15) is 44.4 Å². The minimum atomic E-state index is -4.70. The fourth-order valence-electron chi connectivity index (χ4n) is 3.51. The van der Waals surface area contributed by atoms with Crippen molar-refractivity contribution in [2.75, 3.05) is 6.54 Å². The highest BCUT2D eigenvalue weighted by molar-refractivity contribution is 5.77. The van der Waals surface area contributed by atoms with Crippen LogP contribution in [0, 0.1) is 17.5 Å². The standard InChI is InChI=1S/C21H23F6N5O3/c1-20(2,3)28-19(34)35-12(6-11-7-14(23)15(24)9-13(11)22)8-17(33)31-4-5-32-16(10-31)29-30-18(32)21(25,26)27/h7,9,12H,4-6,8,10H2,1-3H3,(H,28,34)/t12-/m1/s1. The van der Waals surface area contributed by atoms with Gasteiger partial charge in [0, 0.05) is 31.1 Å². The summed E-state index contributed by atoms with van der Waals surface area (Å²) in [5.41, 5.74) is -1.02. The van der Waals surface area contributed by atoms with Gasteiger partial charge in [0.2, 0.25) is 11.7 Å². The predicted octanol–water partition coefficient (Wildman–Crippen LogP) is 3.58. The van der Waals surface area contributed by atoms with E-state index in [1.807, 2.05) is 0 Å². The van der Waals surface area contributed by atoms with Gasteiger partial charge in [0.05, 0.1) is 13.0 Å². The normalized spacial score (nSPS) is 14.9. The van der Waals surface area contributed by atoms with Gasteiger partial charge in [-0.2, -0.15) is 13.2 Å². The number of alkyl halides is 3. The van der Waals surface area contributed by atoms with Crippen LogP contribution < -0.4 is 5.32 Å². The van der Waals surface area contributed by atoms with Crippen molar-refractivity contribution in [1.82, 2.24) is 25.0 Å². The average molecular weight is 507 g/mol. The van der Waals surface area contributed by atoms with Gasteiger partial charge in [-0.15, -0.1) is 10.2 Å². The number of halogens is 6. The topological polar surface area (TPSA) is 89.4 Å². The molecular weight excluding hydrogens is 484 g/mol. The van der Waals surface area contributed by atoms with Gasteiger partial charge in [0.1, 0.15) is 11.9 Å². The summed E-state index contributed by atoms with van der Waals surface area (Å²) in [4.78, 5) is 26.4. The van der Waals surface area contributed by atoms with Crippen LogP contribution in [0.5, 0.6) is 0 Å². The number of fused-ring (bicyclic) bond motifs is 1. The molecule has 2 amide bonds. The van der Waals surface area contributed by atoms with Crippen molar-refractivity contribution in [3.05, 3.63) is 46.8 Å². The van der Waals surface area contributed by atoms with Crippen molar-refractivity contribution in [1.29, 1.82) is 0 Å². The van der Waals surface area contributed by atoms with E-state index >= 15 is 0 Å². The third-order valence-electron chi connectivity index (χ3n) is 5.05. The summed E-state index contributed by atoms with van der Waals surface area (Å²) in [5, 5.41) is 9.15. The van der Waals surface area contributed by atoms with E-state index < -0.39 is 65.9 Å². The lowest BCUT2D eigenvalue weighted by Crippen LogP contribution is -2.44. The second kappa shape index (κ2) is 9.74. The fraction of sp³-hybridized carbons (Fsp3) is 0.524. The zero-order valence-electron chi connectivity index (χ0n) is 19.0. The van der Waals surface area contributed by atoms with Gasteiger partial charge < -0.3 is 19.5 Å². The second-order valence-electron chi connectivity index (χ2n) is 9.07. The summed E-state index contributed by atoms with van der Waals surface area (Å²) in [7, 11) is 0. The van der Waals surface area contributed by atoms with Crippen molar-refractivity contribution >= 4 is 12.0 Å². The molecule has 0 saturated carbocycles. The van der Waals surface area contributed by atoms with Crippen molar-refractivity contribution in [3.63, 3.8) is 0 Å². The van der Waals surface area contributed by atoms with E-state index in [-0.39, 0.29) is 31.0 Å². The summed E-state index contributed by atoms with van der Waals surface area (Å²) >= 11 is 0. The molecule has 192 valence electrons. The van der Waals surface area contributed by atoms with E-state index in [2.05, 4.69) is 15.5 Å². The van der Waals surface area contributed by atoms with Gasteiger partial charge in [-0.3, -0.25) is 4.79 Å². The van der Waals surface area contributed by atoms with E-state index in [4.69, 9.17) is 4.74 Å². The minimum absolute atomic E-state index is 0.0773. The molecule has 0 radical (unpaired) electrons. The zero-order valence-corrected chi connectivity index (χ0v) is 19.0. The molecule has 8 nitrogen and oxygen atoms in total. The Morgan fingerprint density at radius 2 is 1.71 bits per heavy atom. The number of amides is 2. The Labute approximate surface area is 196 Å². The Hall–Kier alpha value is -3.32. The molecule has 2 aromatic rings. The fourth-order valence-corrected chi connectivity index (χ4v) is 3.51. The van der Waals surface area contributed by atoms with Crippen LogP contribution in [-0.2, 0) is 35.2 Å². The third kappa shape index (κ3) is 6.63. The van der Waals surface area contributed by atoms with Gasteiger partial charge in [0.25, 0.3) is 0 Å². The first-order chi connectivity index (χ1) is 16.1. The number of benzene rings is 1. The molecule has 1 aliphatic heterocycles. The van der Waals surface area contributed by atoms with Crippen molar-refractivity contribution in [2.24, 2.45) is 0 Å². The Balaban J connectivity index is 1.76. The number of rotatable bonds is 5. The number of aromatic nitrogens is 3. The van der Waals surface area contributed by atoms with Crippen LogP contribution in [0.25, 0.3) is 0 Å². The summed E-state index contributed by atoms with van der Waals surface area (Å²) in [6.07, 6.45) is -7.85. The van der Waals surface area contributed by atoms with Crippen molar-refractivity contribution in [3.8, 4) is 0 Å². The molecule has 0 saturated heterocycles. The van der Waals surface area contributed by atoms with Crippen LogP contribution in [0.15, 0.2) is 12.1 Å². The molecule has 1 aromatic heterocycles. The van der Waals surface area contributed by atoms with E-state index in [0.29, 0.717) is 12.1 Å². The molecule has 35 heavy (non-hydrogen) atoms. The van der Waals surface area contributed by atoms with Crippen LogP contribution in [0.2, 0.25) is 0 Å². The maximum atomic E-state index is 14.2. The van der Waals surface area contributed by atoms with Crippen LogP contribution in [-0.4, -0.2) is 49.9 Å². The molecular formula is C21H23F6N5O3. The average Bonchev–Trinajstić information content (AvgIpc) is 3.14. The first-order valence-electron chi connectivity index (χ1n) is 10.5. The lowest BCUT2D eigenvalue weighted by molar-refractivity contribution is -0.148. The molecule has 2 heterocycles. The Morgan fingerprint density at radius 3 is 2.34 bits per heavy atom. The van der Waals surface area contributed by atoms with Crippen LogP contribution in [0.4, 0.5) is 31.1 Å². The highest BCUT2D eigenvalue weighted by atomic mass is 19.4. The van der Waals surface area contributed by atoms with E-state index in [1.54, 1.807) is 20.8 Å². The van der Waals surface area contributed by atoms with Gasteiger partial charge in [-0.05, 0) is 32.4 Å². The van der Waals surface area contributed by atoms with Gasteiger partial charge in [-0.1, -0.05) is 0 Å². The number of hydrogen-bond acceptors (Lipinski definition) is 5. The van der Waals surface area contributed by atoms with E-state index in [1.165, 1.54) is 4.90 Å². The van der Waals surface area contributed by atoms with E-state index in [9.17, 15) is 35.9 Å². The number of alkyl carbamates (subject to hydrolysis) is 1. The number of ether oxygens (including phenoxy) is 1. The molecule has 1 atom stereocenters. The summed E-state index contributed by atoms with van der Waals surface area (Å²) < 4.78 is 86.3. The Bertz CT molecular complexity index is 1110. The second-order valence-corrected chi connectivity index (χ2v) is 9.07. The lowest BCUT2D eigenvalue weighted by Gasteiger charge is -2.30. The van der Waals surface area contributed by atoms with Crippen LogP contribution >= 0.6 is 0 Å². The molecule has 0 unspecified atom stereocenters. The molecule has 14 heteroatoms. The number of hydrogen-bond donors (Lipinski definition) is 1. The Morgan fingerprint density at radius 1 is 1.06 bits per heavy atom. The molecule has 0 bridgehead atoms. The molecule has 1 aliphatic rings. The number of carbonyl (C=O) groups excluding carboxylic acids is 2. The smallest absolute Gasteiger partial charge is 0.445 e. The zero-order chi connectivity index (χ0) is 26.1. The number of nitrogens with one attached hydrogen (secondary N) is 1. The number of carbonyl (C=O) groups is 2. The van der Waals surface area contributed by atoms with Crippen molar-refractivity contribution < 1.29 is 40.7 Å².